The summed E-state index contributed by atoms with van der Waals surface area (Å²) in [4.78, 5) is 0. The van der Waals surface area contributed by atoms with Crippen molar-refractivity contribution in [3.05, 3.63) is 47.5 Å². The van der Waals surface area contributed by atoms with Crippen LogP contribution in [-0.4, -0.2) is 22.9 Å². The molecule has 1 aromatic heterocycles. The smallest absolute Gasteiger partial charge is 0.170 e. The van der Waals surface area contributed by atoms with Crippen molar-refractivity contribution >= 4 is 0 Å². The summed E-state index contributed by atoms with van der Waals surface area (Å²) in [7, 11) is 1.47. The Bertz CT molecular complexity index is 593. The van der Waals surface area contributed by atoms with E-state index in [1.165, 1.54) is 20.0 Å². The first-order valence-electron chi connectivity index (χ1n) is 6.83. The normalized spacial score (nSPS) is 14.5. The van der Waals surface area contributed by atoms with Crippen LogP contribution in [0.2, 0.25) is 0 Å². The van der Waals surface area contributed by atoms with Gasteiger partial charge in [-0.2, -0.15) is 5.10 Å². The number of methoxy groups -OCH3 is 1. The van der Waals surface area contributed by atoms with Gasteiger partial charge in [-0.1, -0.05) is 12.1 Å². The topological polar surface area (TPSA) is 39.1 Å². The van der Waals surface area contributed by atoms with Crippen LogP contribution in [0.15, 0.2) is 30.5 Å². The lowest BCUT2D eigenvalue weighted by Gasteiger charge is -2.07. The second-order valence-corrected chi connectivity index (χ2v) is 5.09. The molecule has 0 bridgehead atoms. The number of hydrogen-bond acceptors (Lipinski definition) is 3. The third-order valence-corrected chi connectivity index (χ3v) is 3.44. The predicted molar refractivity (Wildman–Crippen MR) is 74.1 cm³/mol. The fourth-order valence-corrected chi connectivity index (χ4v) is 2.13. The maximum absolute atomic E-state index is 14.0. The molecule has 1 aliphatic carbocycles. The first-order valence-corrected chi connectivity index (χ1v) is 6.83. The van der Waals surface area contributed by atoms with Crippen molar-refractivity contribution in [2.45, 2.75) is 32.0 Å². The van der Waals surface area contributed by atoms with Gasteiger partial charge < -0.3 is 10.1 Å². The molecule has 0 aliphatic heterocycles. The summed E-state index contributed by atoms with van der Waals surface area (Å²) in [6, 6.07) is 7.79. The van der Waals surface area contributed by atoms with E-state index < -0.39 is 0 Å². The molecular formula is C15H18FN3O. The highest BCUT2D eigenvalue weighted by molar-refractivity contribution is 5.31. The molecule has 2 aromatic rings. The Morgan fingerprint density at radius 2 is 2.25 bits per heavy atom. The van der Waals surface area contributed by atoms with Gasteiger partial charge in [-0.15, -0.1) is 0 Å². The molecule has 5 heteroatoms. The molecule has 0 radical (unpaired) electrons. The number of halogens is 1. The highest BCUT2D eigenvalue weighted by Crippen LogP contribution is 2.21. The predicted octanol–water partition coefficient (Wildman–Crippen LogP) is 2.33. The zero-order chi connectivity index (χ0) is 13.9. The third kappa shape index (κ3) is 2.99. The Morgan fingerprint density at radius 1 is 1.40 bits per heavy atom. The standard InChI is InChI=1S/C15H18FN3O/c1-20-14-4-2-3-11(15(14)16)10-19-8-7-13(18-19)9-17-12-5-6-12/h2-4,7-8,12,17H,5-6,9-10H2,1H3. The lowest BCUT2D eigenvalue weighted by atomic mass is 10.2. The fraction of sp³-hybridized carbons (Fsp3) is 0.400. The summed E-state index contributed by atoms with van der Waals surface area (Å²) in [6.45, 7) is 1.19. The van der Waals surface area contributed by atoms with Crippen LogP contribution in [0.1, 0.15) is 24.1 Å². The van der Waals surface area contributed by atoms with Gasteiger partial charge in [0.05, 0.1) is 19.3 Å². The highest BCUT2D eigenvalue weighted by Gasteiger charge is 2.20. The van der Waals surface area contributed by atoms with E-state index in [0.29, 0.717) is 18.2 Å². The molecular weight excluding hydrogens is 257 g/mol. The van der Waals surface area contributed by atoms with Crippen LogP contribution in [0.4, 0.5) is 4.39 Å². The number of hydrogen-bond donors (Lipinski definition) is 1. The quantitative estimate of drug-likeness (QED) is 0.879. The zero-order valence-corrected chi connectivity index (χ0v) is 11.5. The van der Waals surface area contributed by atoms with Gasteiger partial charge in [-0.3, -0.25) is 4.68 Å². The Balaban J connectivity index is 1.67. The second-order valence-electron chi connectivity index (χ2n) is 5.09. The second kappa shape index (κ2) is 5.63. The van der Waals surface area contributed by atoms with Crippen LogP contribution in [0.3, 0.4) is 0 Å². The van der Waals surface area contributed by atoms with Crippen molar-refractivity contribution in [1.29, 1.82) is 0 Å². The molecule has 0 saturated heterocycles. The summed E-state index contributed by atoms with van der Waals surface area (Å²) in [5.74, 6) is -0.0477. The molecule has 1 heterocycles. The zero-order valence-electron chi connectivity index (χ0n) is 11.5. The van der Waals surface area contributed by atoms with E-state index in [2.05, 4.69) is 10.4 Å². The third-order valence-electron chi connectivity index (χ3n) is 3.44. The van der Waals surface area contributed by atoms with Crippen molar-refractivity contribution in [2.75, 3.05) is 7.11 Å². The van der Waals surface area contributed by atoms with E-state index in [0.717, 1.165) is 12.2 Å². The lowest BCUT2D eigenvalue weighted by molar-refractivity contribution is 0.383. The number of nitrogens with one attached hydrogen (secondary N) is 1. The van der Waals surface area contributed by atoms with E-state index in [1.54, 1.807) is 22.9 Å². The van der Waals surface area contributed by atoms with Gasteiger partial charge in [0.1, 0.15) is 0 Å². The number of rotatable bonds is 6. The van der Waals surface area contributed by atoms with Crippen molar-refractivity contribution in [3.63, 3.8) is 0 Å². The molecule has 1 aromatic carbocycles. The van der Waals surface area contributed by atoms with E-state index >= 15 is 0 Å². The molecule has 0 spiro atoms. The van der Waals surface area contributed by atoms with Gasteiger partial charge in [0.2, 0.25) is 0 Å². The average Bonchev–Trinajstić information content (AvgIpc) is 3.19. The highest BCUT2D eigenvalue weighted by atomic mass is 19.1. The van der Waals surface area contributed by atoms with E-state index in [9.17, 15) is 4.39 Å². The molecule has 106 valence electrons. The minimum absolute atomic E-state index is 0.269. The number of aromatic nitrogens is 2. The Labute approximate surface area is 117 Å². The van der Waals surface area contributed by atoms with Crippen molar-refractivity contribution in [2.24, 2.45) is 0 Å². The number of ether oxygens (including phenoxy) is 1. The van der Waals surface area contributed by atoms with Crippen LogP contribution in [0, 0.1) is 5.82 Å². The van der Waals surface area contributed by atoms with Gasteiger partial charge in [0, 0.05) is 24.3 Å². The molecule has 3 rings (SSSR count). The van der Waals surface area contributed by atoms with Crippen molar-refractivity contribution < 1.29 is 9.13 Å². The monoisotopic (exact) mass is 275 g/mol. The minimum Gasteiger partial charge on any atom is -0.494 e. The molecule has 1 fully saturated rings. The van der Waals surface area contributed by atoms with Gasteiger partial charge >= 0.3 is 0 Å². The molecule has 1 saturated carbocycles. The van der Waals surface area contributed by atoms with Crippen LogP contribution in [-0.2, 0) is 13.1 Å². The summed E-state index contributed by atoms with van der Waals surface area (Å²) < 4.78 is 20.8. The molecule has 1 aliphatic rings. The Hall–Kier alpha value is -1.88. The van der Waals surface area contributed by atoms with Crippen molar-refractivity contribution in [3.8, 4) is 5.75 Å². The van der Waals surface area contributed by atoms with E-state index in [1.807, 2.05) is 12.3 Å². The maximum atomic E-state index is 14.0. The first kappa shape index (κ1) is 13.1. The first-order chi connectivity index (χ1) is 9.76. The summed E-state index contributed by atoms with van der Waals surface area (Å²) >= 11 is 0. The van der Waals surface area contributed by atoms with Crippen LogP contribution in [0.25, 0.3) is 0 Å². The molecule has 0 amide bonds. The SMILES string of the molecule is COc1cccc(Cn2ccc(CNC3CC3)n2)c1F. The average molecular weight is 275 g/mol. The maximum Gasteiger partial charge on any atom is 0.170 e. The van der Waals surface area contributed by atoms with Gasteiger partial charge in [0.15, 0.2) is 11.6 Å². The number of benzene rings is 1. The fourth-order valence-electron chi connectivity index (χ4n) is 2.13. The lowest BCUT2D eigenvalue weighted by Crippen LogP contribution is -2.16. The Kier molecular flexibility index (Phi) is 3.69. The Morgan fingerprint density at radius 3 is 3.00 bits per heavy atom. The molecule has 1 N–H and O–H groups in total. The summed E-state index contributed by atoms with van der Waals surface area (Å²) in [5, 5.41) is 7.86. The van der Waals surface area contributed by atoms with Crippen molar-refractivity contribution in [1.82, 2.24) is 15.1 Å². The molecule has 20 heavy (non-hydrogen) atoms. The van der Waals surface area contributed by atoms with E-state index in [4.69, 9.17) is 4.74 Å². The largest absolute Gasteiger partial charge is 0.494 e. The van der Waals surface area contributed by atoms with Crippen LogP contribution < -0.4 is 10.1 Å². The molecule has 0 unspecified atom stereocenters. The van der Waals surface area contributed by atoms with Gasteiger partial charge in [0.25, 0.3) is 0 Å². The van der Waals surface area contributed by atoms with Gasteiger partial charge in [-0.25, -0.2) is 4.39 Å². The molecule has 4 nitrogen and oxygen atoms in total. The molecule has 0 atom stereocenters. The van der Waals surface area contributed by atoms with Crippen LogP contribution >= 0.6 is 0 Å². The van der Waals surface area contributed by atoms with E-state index in [-0.39, 0.29) is 11.6 Å². The summed E-state index contributed by atoms with van der Waals surface area (Å²) in [5.41, 5.74) is 1.56. The summed E-state index contributed by atoms with van der Waals surface area (Å²) in [6.07, 6.45) is 4.40. The number of nitrogens with zero attached hydrogens (tertiary/aromatic N) is 2. The minimum atomic E-state index is -0.317. The van der Waals surface area contributed by atoms with Gasteiger partial charge in [-0.05, 0) is 25.0 Å². The van der Waals surface area contributed by atoms with Crippen LogP contribution in [0.5, 0.6) is 5.75 Å².